The molecule has 0 aromatic heterocycles. The third-order valence-electron chi connectivity index (χ3n) is 6.91. The van der Waals surface area contributed by atoms with Crippen LogP contribution >= 0.6 is 0 Å². The van der Waals surface area contributed by atoms with Crippen molar-refractivity contribution in [3.05, 3.63) is 41.0 Å². The van der Waals surface area contributed by atoms with Crippen LogP contribution in [0.25, 0.3) is 0 Å². The number of rotatable bonds is 0. The van der Waals surface area contributed by atoms with Crippen molar-refractivity contribution < 1.29 is 10.2 Å². The Kier molecular flexibility index (Phi) is 3.16. The molecule has 2 fully saturated rings. The second-order valence-corrected chi connectivity index (χ2v) is 7.75. The van der Waals surface area contributed by atoms with E-state index in [0.717, 1.165) is 12.8 Å². The third kappa shape index (κ3) is 1.83. The molecule has 0 radical (unpaired) electrons. The molecule has 4 rings (SSSR count). The Morgan fingerprint density at radius 3 is 2.86 bits per heavy atom. The van der Waals surface area contributed by atoms with Gasteiger partial charge in [-0.1, -0.05) is 19.1 Å². The zero-order chi connectivity index (χ0) is 15.5. The maximum absolute atomic E-state index is 10.5. The molecule has 0 spiro atoms. The summed E-state index contributed by atoms with van der Waals surface area (Å²) in [6, 6.07) is 5.95. The van der Waals surface area contributed by atoms with Crippen LogP contribution in [0.1, 0.15) is 56.6 Å². The van der Waals surface area contributed by atoms with E-state index in [-0.39, 0.29) is 11.5 Å². The van der Waals surface area contributed by atoms with E-state index in [4.69, 9.17) is 0 Å². The van der Waals surface area contributed by atoms with E-state index in [9.17, 15) is 10.2 Å². The fraction of sp³-hybridized carbons (Fsp3) is 0.600. The van der Waals surface area contributed by atoms with Gasteiger partial charge < -0.3 is 10.2 Å². The van der Waals surface area contributed by atoms with Gasteiger partial charge in [-0.15, -0.1) is 0 Å². The maximum atomic E-state index is 10.5. The van der Waals surface area contributed by atoms with Crippen molar-refractivity contribution in [2.24, 2.45) is 17.3 Å². The van der Waals surface area contributed by atoms with Crippen molar-refractivity contribution >= 4 is 0 Å². The molecule has 2 heteroatoms. The molecule has 5 atom stereocenters. The lowest BCUT2D eigenvalue weighted by molar-refractivity contribution is 0.0781. The predicted molar refractivity (Wildman–Crippen MR) is 87.9 cm³/mol. The Hall–Kier alpha value is -1.28. The normalized spacial score (nSPS) is 41.9. The van der Waals surface area contributed by atoms with Gasteiger partial charge in [0.2, 0.25) is 0 Å². The van der Waals surface area contributed by atoms with Crippen LogP contribution in [0.15, 0.2) is 29.8 Å². The van der Waals surface area contributed by atoms with Crippen LogP contribution < -0.4 is 0 Å². The number of phenols is 1. The number of aliphatic hydroxyl groups is 1. The third-order valence-corrected chi connectivity index (χ3v) is 6.91. The summed E-state index contributed by atoms with van der Waals surface area (Å²) in [7, 11) is 0. The van der Waals surface area contributed by atoms with Gasteiger partial charge in [0.25, 0.3) is 0 Å². The molecule has 3 aliphatic rings. The van der Waals surface area contributed by atoms with E-state index < -0.39 is 0 Å². The van der Waals surface area contributed by atoms with E-state index in [1.54, 1.807) is 0 Å². The minimum absolute atomic E-state index is 0.198. The average molecular weight is 298 g/mol. The van der Waals surface area contributed by atoms with Gasteiger partial charge in [-0.2, -0.15) is 0 Å². The maximum Gasteiger partial charge on any atom is 0.115 e. The molecule has 0 bridgehead atoms. The molecule has 118 valence electrons. The summed E-state index contributed by atoms with van der Waals surface area (Å²) in [6.07, 6.45) is 7.52. The predicted octanol–water partition coefficient (Wildman–Crippen LogP) is 4.17. The number of hydrogen-bond acceptors (Lipinski definition) is 2. The van der Waals surface area contributed by atoms with E-state index >= 15 is 0 Å². The summed E-state index contributed by atoms with van der Waals surface area (Å²) in [5.74, 6) is 2.30. The topological polar surface area (TPSA) is 40.5 Å². The van der Waals surface area contributed by atoms with Crippen molar-refractivity contribution in [2.45, 2.75) is 58.0 Å². The first-order chi connectivity index (χ1) is 10.5. The van der Waals surface area contributed by atoms with Crippen molar-refractivity contribution in [1.29, 1.82) is 0 Å². The number of aromatic hydroxyl groups is 1. The minimum atomic E-state index is -0.236. The summed E-state index contributed by atoms with van der Waals surface area (Å²) < 4.78 is 0. The number of hydrogen-bond donors (Lipinski definition) is 2. The van der Waals surface area contributed by atoms with Crippen LogP contribution in [0.3, 0.4) is 0 Å². The van der Waals surface area contributed by atoms with Gasteiger partial charge in [0.1, 0.15) is 5.75 Å². The smallest absolute Gasteiger partial charge is 0.115 e. The highest BCUT2D eigenvalue weighted by atomic mass is 16.3. The van der Waals surface area contributed by atoms with Crippen molar-refractivity contribution in [3.63, 3.8) is 0 Å². The van der Waals surface area contributed by atoms with Gasteiger partial charge in [0, 0.05) is 0 Å². The lowest BCUT2D eigenvalue weighted by Gasteiger charge is -2.49. The zero-order valence-electron chi connectivity index (χ0n) is 13.5. The van der Waals surface area contributed by atoms with E-state index in [1.807, 2.05) is 12.1 Å². The summed E-state index contributed by atoms with van der Waals surface area (Å²) >= 11 is 0. The molecule has 2 N–H and O–H groups in total. The molecule has 0 heterocycles. The largest absolute Gasteiger partial charge is 0.508 e. The van der Waals surface area contributed by atoms with Crippen LogP contribution in [-0.4, -0.2) is 16.3 Å². The molecule has 22 heavy (non-hydrogen) atoms. The number of benzene rings is 1. The van der Waals surface area contributed by atoms with E-state index in [0.29, 0.717) is 23.5 Å². The molecular formula is C20H26O2. The van der Waals surface area contributed by atoms with Crippen LogP contribution in [0, 0.1) is 17.3 Å². The van der Waals surface area contributed by atoms with Gasteiger partial charge in [-0.05, 0) is 91.0 Å². The summed E-state index contributed by atoms with van der Waals surface area (Å²) in [4.78, 5) is 0. The molecular weight excluding hydrogens is 272 g/mol. The lowest BCUT2D eigenvalue weighted by Crippen LogP contribution is -2.40. The van der Waals surface area contributed by atoms with Crippen LogP contribution in [0.5, 0.6) is 5.75 Å². The molecule has 0 saturated heterocycles. The Labute approximate surface area is 132 Å². The fourth-order valence-electron chi connectivity index (χ4n) is 5.95. The standard InChI is InChI=1S/C20H26O2/c1-3-17-19(22)11-18-16-6-4-12-10-13(21)5-7-14(12)15(16)8-9-20(17,18)2/h3,5,7,10,15-16,18-19,21-22H,4,6,8-9,11H2,1-2H3/t15-,16-,18+,19-,20-/m1/s1. The highest BCUT2D eigenvalue weighted by Crippen LogP contribution is 2.62. The molecule has 2 saturated carbocycles. The summed E-state index contributed by atoms with van der Waals surface area (Å²) in [5.41, 5.74) is 4.28. The Morgan fingerprint density at radius 2 is 2.09 bits per heavy atom. The number of aryl methyl sites for hydroxylation is 1. The Balaban J connectivity index is 1.73. The second-order valence-electron chi connectivity index (χ2n) is 7.75. The van der Waals surface area contributed by atoms with Crippen LogP contribution in [0.4, 0.5) is 0 Å². The first-order valence-corrected chi connectivity index (χ1v) is 8.71. The Morgan fingerprint density at radius 1 is 1.27 bits per heavy atom. The van der Waals surface area contributed by atoms with Crippen molar-refractivity contribution in [2.75, 3.05) is 0 Å². The SMILES string of the molecule is CC=C1[C@H](O)C[C@H]2[C@@H]3CCc4cc(O)ccc4[C@H]3CC[C@]12C. The molecule has 0 unspecified atom stereocenters. The summed E-state index contributed by atoms with van der Waals surface area (Å²) in [5, 5.41) is 20.2. The molecule has 2 nitrogen and oxygen atoms in total. The van der Waals surface area contributed by atoms with E-state index in [2.05, 4.69) is 26.0 Å². The number of phenolic OH excluding ortho intramolecular Hbond substituents is 1. The minimum Gasteiger partial charge on any atom is -0.508 e. The fourth-order valence-corrected chi connectivity index (χ4v) is 5.95. The number of fused-ring (bicyclic) bond motifs is 5. The molecule has 3 aliphatic carbocycles. The highest BCUT2D eigenvalue weighted by Gasteiger charge is 2.55. The number of aliphatic hydroxyl groups excluding tert-OH is 1. The zero-order valence-corrected chi connectivity index (χ0v) is 13.5. The molecule has 0 amide bonds. The van der Waals surface area contributed by atoms with Crippen molar-refractivity contribution in [3.8, 4) is 5.75 Å². The monoisotopic (exact) mass is 298 g/mol. The van der Waals surface area contributed by atoms with Gasteiger partial charge in [0.05, 0.1) is 6.10 Å². The quantitative estimate of drug-likeness (QED) is 0.706. The van der Waals surface area contributed by atoms with Gasteiger partial charge in [0.15, 0.2) is 0 Å². The van der Waals surface area contributed by atoms with Crippen molar-refractivity contribution in [1.82, 2.24) is 0 Å². The lowest BCUT2D eigenvalue weighted by atomic mass is 9.55. The van der Waals surface area contributed by atoms with Crippen LogP contribution in [-0.2, 0) is 6.42 Å². The first kappa shape index (κ1) is 14.3. The van der Waals surface area contributed by atoms with Crippen LogP contribution in [0.2, 0.25) is 0 Å². The first-order valence-electron chi connectivity index (χ1n) is 8.71. The van der Waals surface area contributed by atoms with E-state index in [1.165, 1.54) is 36.0 Å². The van der Waals surface area contributed by atoms with Gasteiger partial charge >= 0.3 is 0 Å². The van der Waals surface area contributed by atoms with Gasteiger partial charge in [-0.25, -0.2) is 0 Å². The summed E-state index contributed by atoms with van der Waals surface area (Å²) in [6.45, 7) is 4.46. The average Bonchev–Trinajstić information content (AvgIpc) is 2.76. The molecule has 1 aromatic rings. The second kappa shape index (κ2) is 4.86. The Bertz CT molecular complexity index is 633. The molecule has 0 aliphatic heterocycles. The molecule has 1 aromatic carbocycles. The highest BCUT2D eigenvalue weighted by molar-refractivity contribution is 5.41. The van der Waals surface area contributed by atoms with Gasteiger partial charge in [-0.3, -0.25) is 0 Å². The number of allylic oxidation sites excluding steroid dienone is 1.